The molecule has 3 aromatic heterocycles. The zero-order valence-corrected chi connectivity index (χ0v) is 22.7. The molecule has 1 N–H and O–H groups in total. The number of nitrogens with zero attached hydrogens (tertiary/aromatic N) is 5. The van der Waals surface area contributed by atoms with E-state index in [0.717, 1.165) is 75.8 Å². The van der Waals surface area contributed by atoms with Crippen molar-refractivity contribution in [1.29, 1.82) is 0 Å². The lowest BCUT2D eigenvalue weighted by atomic mass is 10.1. The highest BCUT2D eigenvalue weighted by atomic mass is 32.1. The predicted molar refractivity (Wildman–Crippen MR) is 148 cm³/mol. The Bertz CT molecular complexity index is 1340. The SMILES string of the molecule is Cc1ccc(Nc2nc(-c3sc(C)nc3C)cs2)nc1.O=CN1[C@@H]2CC[C@H]1CN(c1ccc(F)cc1)C2. The molecule has 2 aliphatic rings. The summed E-state index contributed by atoms with van der Waals surface area (Å²) < 4.78 is 12.9. The molecule has 5 heterocycles. The maximum Gasteiger partial charge on any atom is 0.210 e. The van der Waals surface area contributed by atoms with Gasteiger partial charge in [-0.3, -0.25) is 4.79 Å². The molecule has 192 valence electrons. The minimum Gasteiger partial charge on any atom is -0.367 e. The molecule has 2 saturated heterocycles. The summed E-state index contributed by atoms with van der Waals surface area (Å²) in [5.41, 5.74) is 4.21. The Morgan fingerprint density at radius 2 is 1.76 bits per heavy atom. The van der Waals surface area contributed by atoms with Gasteiger partial charge in [0, 0.05) is 42.4 Å². The van der Waals surface area contributed by atoms with Crippen molar-refractivity contribution in [3.8, 4) is 10.6 Å². The summed E-state index contributed by atoms with van der Waals surface area (Å²) in [5, 5.41) is 7.20. The van der Waals surface area contributed by atoms with Gasteiger partial charge < -0.3 is 15.1 Å². The van der Waals surface area contributed by atoms with Crippen LogP contribution in [0.1, 0.15) is 29.1 Å². The van der Waals surface area contributed by atoms with E-state index in [4.69, 9.17) is 0 Å². The first kappa shape index (κ1) is 25.3. The first-order valence-electron chi connectivity index (χ1n) is 12.2. The second-order valence-electron chi connectivity index (χ2n) is 9.35. The number of fused-ring (bicyclic) bond motifs is 2. The molecular weight excluding hydrogens is 507 g/mol. The van der Waals surface area contributed by atoms with Gasteiger partial charge in [-0.15, -0.1) is 22.7 Å². The number of hydrogen-bond donors (Lipinski definition) is 1. The highest BCUT2D eigenvalue weighted by molar-refractivity contribution is 7.16. The number of aryl methyl sites for hydroxylation is 3. The summed E-state index contributed by atoms with van der Waals surface area (Å²) in [6.45, 7) is 7.78. The van der Waals surface area contributed by atoms with Gasteiger partial charge in [0.25, 0.3) is 0 Å². The van der Waals surface area contributed by atoms with Gasteiger partial charge in [0.1, 0.15) is 11.6 Å². The number of amides is 1. The highest BCUT2D eigenvalue weighted by Gasteiger charge is 2.39. The van der Waals surface area contributed by atoms with Crippen molar-refractivity contribution in [2.45, 2.75) is 45.7 Å². The van der Waals surface area contributed by atoms with Crippen LogP contribution in [0.2, 0.25) is 0 Å². The summed E-state index contributed by atoms with van der Waals surface area (Å²) >= 11 is 3.26. The number of hydrogen-bond acceptors (Lipinski definition) is 8. The number of carbonyl (C=O) groups is 1. The molecular formula is C27H29FN6OS2. The average Bonchev–Trinajstić information content (AvgIpc) is 3.55. The minimum atomic E-state index is -0.205. The number of thiazole rings is 2. The molecule has 0 radical (unpaired) electrons. The molecule has 4 aromatic rings. The highest BCUT2D eigenvalue weighted by Crippen LogP contribution is 2.33. The summed E-state index contributed by atoms with van der Waals surface area (Å²) in [6.07, 6.45) is 4.99. The molecule has 2 atom stereocenters. The normalized spacial score (nSPS) is 18.4. The fourth-order valence-corrected chi connectivity index (χ4v) is 6.49. The lowest BCUT2D eigenvalue weighted by Gasteiger charge is -2.40. The second-order valence-corrected chi connectivity index (χ2v) is 11.4. The Morgan fingerprint density at radius 1 is 1.03 bits per heavy atom. The third-order valence-corrected chi connectivity index (χ3v) is 8.49. The van der Waals surface area contributed by atoms with Crippen molar-refractivity contribution in [2.75, 3.05) is 23.3 Å². The number of halogens is 1. The third-order valence-electron chi connectivity index (χ3n) is 6.64. The molecule has 37 heavy (non-hydrogen) atoms. The number of aromatic nitrogens is 3. The van der Waals surface area contributed by atoms with E-state index in [1.165, 1.54) is 12.1 Å². The number of carbonyl (C=O) groups excluding carboxylic acids is 1. The monoisotopic (exact) mass is 536 g/mol. The van der Waals surface area contributed by atoms with E-state index in [9.17, 15) is 9.18 Å². The molecule has 0 aliphatic carbocycles. The Kier molecular flexibility index (Phi) is 7.48. The van der Waals surface area contributed by atoms with Gasteiger partial charge in [-0.05, 0) is 69.5 Å². The first-order chi connectivity index (χ1) is 17.9. The Morgan fingerprint density at radius 3 is 2.35 bits per heavy atom. The summed E-state index contributed by atoms with van der Waals surface area (Å²) in [6, 6.07) is 11.2. The number of rotatable bonds is 5. The summed E-state index contributed by atoms with van der Waals surface area (Å²) in [5.74, 6) is 0.608. The van der Waals surface area contributed by atoms with Crippen LogP contribution in [0.15, 0.2) is 48.0 Å². The van der Waals surface area contributed by atoms with Crippen molar-refractivity contribution >= 4 is 45.7 Å². The summed E-state index contributed by atoms with van der Waals surface area (Å²) in [7, 11) is 0. The number of anilines is 3. The van der Waals surface area contributed by atoms with Gasteiger partial charge in [-0.2, -0.15) is 0 Å². The van der Waals surface area contributed by atoms with E-state index in [-0.39, 0.29) is 5.82 Å². The number of nitrogens with one attached hydrogen (secondary N) is 1. The molecule has 2 bridgehead atoms. The van der Waals surface area contributed by atoms with Crippen molar-refractivity contribution < 1.29 is 9.18 Å². The lowest BCUT2D eigenvalue weighted by molar-refractivity contribution is -0.121. The van der Waals surface area contributed by atoms with Crippen molar-refractivity contribution in [1.82, 2.24) is 19.9 Å². The molecule has 1 aromatic carbocycles. The van der Waals surface area contributed by atoms with Crippen LogP contribution >= 0.6 is 22.7 Å². The van der Waals surface area contributed by atoms with Gasteiger partial charge in [0.2, 0.25) is 6.41 Å². The van der Waals surface area contributed by atoms with Crippen LogP contribution in [0.25, 0.3) is 10.6 Å². The molecule has 0 spiro atoms. The minimum absolute atomic E-state index is 0.205. The van der Waals surface area contributed by atoms with Crippen molar-refractivity contribution in [3.05, 3.63) is 70.1 Å². The van der Waals surface area contributed by atoms with E-state index in [1.54, 1.807) is 22.7 Å². The summed E-state index contributed by atoms with van der Waals surface area (Å²) in [4.78, 5) is 29.7. The second kappa shape index (κ2) is 10.9. The van der Waals surface area contributed by atoms with Gasteiger partial charge in [0.15, 0.2) is 5.13 Å². The van der Waals surface area contributed by atoms with Gasteiger partial charge in [-0.1, -0.05) is 6.07 Å². The average molecular weight is 537 g/mol. The topological polar surface area (TPSA) is 74.2 Å². The van der Waals surface area contributed by atoms with Crippen LogP contribution in [0, 0.1) is 26.6 Å². The maximum atomic E-state index is 12.9. The quantitative estimate of drug-likeness (QED) is 0.317. The van der Waals surface area contributed by atoms with Crippen LogP contribution in [0.5, 0.6) is 0 Å². The zero-order chi connectivity index (χ0) is 25.9. The molecule has 10 heteroatoms. The van der Waals surface area contributed by atoms with Gasteiger partial charge in [0.05, 0.1) is 21.3 Å². The van der Waals surface area contributed by atoms with Crippen molar-refractivity contribution in [2.24, 2.45) is 0 Å². The fourth-order valence-electron chi connectivity index (χ4n) is 4.83. The number of pyridine rings is 1. The van der Waals surface area contributed by atoms with E-state index in [2.05, 4.69) is 30.5 Å². The molecule has 0 saturated carbocycles. The van der Waals surface area contributed by atoms with Crippen molar-refractivity contribution in [3.63, 3.8) is 0 Å². The van der Waals surface area contributed by atoms with Crippen LogP contribution in [-0.4, -0.2) is 51.4 Å². The zero-order valence-electron chi connectivity index (χ0n) is 21.0. The van der Waals surface area contributed by atoms with E-state index in [0.29, 0.717) is 12.1 Å². The van der Waals surface area contributed by atoms with Crippen LogP contribution < -0.4 is 10.2 Å². The smallest absolute Gasteiger partial charge is 0.210 e. The Hall–Kier alpha value is -3.37. The van der Waals surface area contributed by atoms with E-state index < -0.39 is 0 Å². The molecule has 1 amide bonds. The van der Waals surface area contributed by atoms with Crippen LogP contribution in [0.3, 0.4) is 0 Å². The standard InChI is InChI=1S/C14H14N4S2.C13H15FN2O/c1-8-4-5-12(15-6-8)18-14-17-11(7-19-14)13-9(2)16-10(3)20-13;14-10-1-3-11(4-2-10)15-7-12-5-6-13(8-15)16(12)9-17/h4-7H,1-3H3,(H,15,17,18);1-4,9,12-13H,5-8H2/t;12-,13+. The molecule has 7 nitrogen and oxygen atoms in total. The first-order valence-corrected chi connectivity index (χ1v) is 13.9. The van der Waals surface area contributed by atoms with Crippen LogP contribution in [-0.2, 0) is 4.79 Å². The van der Waals surface area contributed by atoms with Gasteiger partial charge >= 0.3 is 0 Å². The predicted octanol–water partition coefficient (Wildman–Crippen LogP) is 5.97. The third kappa shape index (κ3) is 5.80. The molecule has 6 rings (SSSR count). The lowest BCUT2D eigenvalue weighted by Crippen LogP contribution is -2.53. The van der Waals surface area contributed by atoms with E-state index >= 15 is 0 Å². The van der Waals surface area contributed by atoms with E-state index in [1.807, 2.05) is 56.1 Å². The van der Waals surface area contributed by atoms with Gasteiger partial charge in [-0.25, -0.2) is 19.3 Å². The molecule has 2 aliphatic heterocycles. The fraction of sp³-hybridized carbons (Fsp3) is 0.333. The van der Waals surface area contributed by atoms with Crippen LogP contribution in [0.4, 0.5) is 21.0 Å². The number of piperazine rings is 1. The largest absolute Gasteiger partial charge is 0.367 e. The maximum absolute atomic E-state index is 12.9. The Balaban J connectivity index is 0.000000153. The molecule has 0 unspecified atom stereocenters. The Labute approximate surface area is 224 Å². The number of benzene rings is 1. The molecule has 2 fully saturated rings.